The Bertz CT molecular complexity index is 929. The van der Waals surface area contributed by atoms with Crippen molar-refractivity contribution in [3.63, 3.8) is 0 Å². The van der Waals surface area contributed by atoms with Crippen LogP contribution in [-0.4, -0.2) is 21.6 Å². The van der Waals surface area contributed by atoms with E-state index in [-0.39, 0.29) is 18.4 Å². The van der Waals surface area contributed by atoms with E-state index in [0.717, 1.165) is 28.8 Å². The number of carboxylic acid groups (broad SMARTS) is 1. The van der Waals surface area contributed by atoms with E-state index in [4.69, 9.17) is 28.3 Å². The van der Waals surface area contributed by atoms with E-state index in [1.54, 1.807) is 18.2 Å². The Morgan fingerprint density at radius 3 is 2.52 bits per heavy atom. The number of carboxylic acids is 1. The molecule has 0 saturated heterocycles. The number of nitrogens with zero attached hydrogens (tertiary/aromatic N) is 1. The predicted molar refractivity (Wildman–Crippen MR) is 106 cm³/mol. The van der Waals surface area contributed by atoms with Crippen LogP contribution in [0.4, 0.5) is 0 Å². The van der Waals surface area contributed by atoms with Crippen LogP contribution < -0.4 is 5.32 Å². The Morgan fingerprint density at radius 1 is 1.22 bits per heavy atom. The van der Waals surface area contributed by atoms with Crippen molar-refractivity contribution in [1.29, 1.82) is 0 Å². The molecule has 0 saturated carbocycles. The van der Waals surface area contributed by atoms with Crippen LogP contribution in [0.5, 0.6) is 0 Å². The highest BCUT2D eigenvalue weighted by atomic mass is 35.5. The van der Waals surface area contributed by atoms with E-state index in [1.807, 2.05) is 30.7 Å². The number of benzene rings is 1. The molecule has 1 atom stereocenters. The van der Waals surface area contributed by atoms with Crippen molar-refractivity contribution in [2.24, 2.45) is 7.05 Å². The maximum atomic E-state index is 12.8. The van der Waals surface area contributed by atoms with Crippen molar-refractivity contribution in [1.82, 2.24) is 9.88 Å². The number of fused-ring (bicyclic) bond motifs is 1. The summed E-state index contributed by atoms with van der Waals surface area (Å²) in [6.07, 6.45) is 1.40. The van der Waals surface area contributed by atoms with Gasteiger partial charge in [0, 0.05) is 23.3 Å². The average Bonchev–Trinajstić information content (AvgIpc) is 2.96. The minimum absolute atomic E-state index is 0.0211. The molecule has 0 bridgehead atoms. The summed E-state index contributed by atoms with van der Waals surface area (Å²) in [5.74, 6) is -1.07. The van der Waals surface area contributed by atoms with Crippen molar-refractivity contribution in [3.05, 3.63) is 63.4 Å². The van der Waals surface area contributed by atoms with Gasteiger partial charge in [0.25, 0.3) is 5.91 Å². The van der Waals surface area contributed by atoms with E-state index < -0.39 is 5.97 Å². The Balaban J connectivity index is 1.76. The third kappa shape index (κ3) is 4.04. The summed E-state index contributed by atoms with van der Waals surface area (Å²) in [7, 11) is 1.85. The van der Waals surface area contributed by atoms with E-state index in [2.05, 4.69) is 5.32 Å². The van der Waals surface area contributed by atoms with Gasteiger partial charge >= 0.3 is 5.97 Å². The van der Waals surface area contributed by atoms with Crippen molar-refractivity contribution < 1.29 is 14.7 Å². The lowest BCUT2D eigenvalue weighted by Crippen LogP contribution is -2.28. The topological polar surface area (TPSA) is 71.3 Å². The van der Waals surface area contributed by atoms with Gasteiger partial charge in [-0.1, -0.05) is 47.5 Å². The smallest absolute Gasteiger partial charge is 0.307 e. The van der Waals surface area contributed by atoms with E-state index >= 15 is 0 Å². The second kappa shape index (κ2) is 7.79. The van der Waals surface area contributed by atoms with E-state index in [1.165, 1.54) is 0 Å². The Morgan fingerprint density at radius 2 is 1.89 bits per heavy atom. The van der Waals surface area contributed by atoms with Gasteiger partial charge < -0.3 is 15.0 Å². The zero-order valence-corrected chi connectivity index (χ0v) is 16.6. The molecule has 2 aromatic rings. The molecule has 0 spiro atoms. The average molecular weight is 407 g/mol. The molecule has 1 aromatic heterocycles. The molecular weight excluding hydrogens is 387 g/mol. The number of amides is 1. The van der Waals surface area contributed by atoms with Gasteiger partial charge in [0.2, 0.25) is 0 Å². The van der Waals surface area contributed by atoms with Gasteiger partial charge in [0.1, 0.15) is 5.69 Å². The number of rotatable bonds is 5. The van der Waals surface area contributed by atoms with Crippen LogP contribution >= 0.6 is 23.2 Å². The van der Waals surface area contributed by atoms with Crippen LogP contribution in [0, 0.1) is 0 Å². The number of nitrogens with one attached hydrogen (secondary N) is 1. The van der Waals surface area contributed by atoms with Crippen molar-refractivity contribution in [2.45, 2.75) is 32.2 Å². The third-order valence-electron chi connectivity index (χ3n) is 4.83. The predicted octanol–water partition coefficient (Wildman–Crippen LogP) is 4.24. The van der Waals surface area contributed by atoms with Crippen LogP contribution in [0.25, 0.3) is 5.03 Å². The van der Waals surface area contributed by atoms with E-state index in [9.17, 15) is 9.59 Å². The SMILES string of the molecule is CC(NC(=O)c1cc2c(n1C)CCC(Cl)=C2Cl)c1ccc(CC(=O)O)cc1. The molecule has 1 heterocycles. The van der Waals surface area contributed by atoms with Crippen LogP contribution in [0.1, 0.15) is 52.3 Å². The van der Waals surface area contributed by atoms with Crippen molar-refractivity contribution >= 4 is 40.1 Å². The lowest BCUT2D eigenvalue weighted by Gasteiger charge is -2.16. The number of hydrogen-bond acceptors (Lipinski definition) is 2. The second-order valence-corrected chi connectivity index (χ2v) is 7.51. The maximum Gasteiger partial charge on any atom is 0.307 e. The first-order valence-corrected chi connectivity index (χ1v) is 9.38. The Labute approximate surface area is 167 Å². The molecule has 5 nitrogen and oxygen atoms in total. The van der Waals surface area contributed by atoms with Gasteiger partial charge in [-0.2, -0.15) is 0 Å². The first-order valence-electron chi connectivity index (χ1n) is 8.62. The number of allylic oxidation sites excluding steroid dienone is 1. The highest BCUT2D eigenvalue weighted by molar-refractivity contribution is 6.55. The van der Waals surface area contributed by atoms with Gasteiger partial charge in [-0.15, -0.1) is 0 Å². The number of carbonyl (C=O) groups is 2. The molecule has 2 N–H and O–H groups in total. The second-order valence-electron chi connectivity index (χ2n) is 6.68. The molecule has 1 amide bonds. The minimum Gasteiger partial charge on any atom is -0.481 e. The largest absolute Gasteiger partial charge is 0.481 e. The zero-order chi connectivity index (χ0) is 19.7. The standard InChI is InChI=1S/C20H20Cl2N2O3/c1-11(13-5-3-12(4-6-13)9-18(25)26)23-20(27)17-10-14-16(24(17)2)8-7-15(21)19(14)22/h3-6,10-11H,7-9H2,1-2H3,(H,23,27)(H,25,26). The normalized spacial score (nSPS) is 14.7. The lowest BCUT2D eigenvalue weighted by atomic mass is 10.0. The molecule has 0 radical (unpaired) electrons. The maximum absolute atomic E-state index is 12.8. The molecule has 1 unspecified atom stereocenters. The number of hydrogen-bond donors (Lipinski definition) is 2. The molecule has 1 aliphatic rings. The highest BCUT2D eigenvalue weighted by Gasteiger charge is 2.25. The van der Waals surface area contributed by atoms with Crippen LogP contribution in [0.2, 0.25) is 0 Å². The van der Waals surface area contributed by atoms with Gasteiger partial charge in [-0.3, -0.25) is 9.59 Å². The first-order chi connectivity index (χ1) is 12.8. The summed E-state index contributed by atoms with van der Waals surface area (Å²) in [4.78, 5) is 23.5. The Hall–Kier alpha value is -2.24. The molecule has 0 fully saturated rings. The summed E-state index contributed by atoms with van der Waals surface area (Å²) in [5.41, 5.74) is 3.96. The summed E-state index contributed by atoms with van der Waals surface area (Å²) in [5, 5.41) is 13.0. The Kier molecular flexibility index (Phi) is 5.63. The van der Waals surface area contributed by atoms with Gasteiger partial charge in [-0.05, 0) is 37.0 Å². The zero-order valence-electron chi connectivity index (χ0n) is 15.1. The monoisotopic (exact) mass is 406 g/mol. The molecule has 142 valence electrons. The fourth-order valence-corrected chi connectivity index (χ4v) is 3.74. The summed E-state index contributed by atoms with van der Waals surface area (Å²) < 4.78 is 1.86. The number of aromatic nitrogens is 1. The molecule has 1 aromatic carbocycles. The molecule has 27 heavy (non-hydrogen) atoms. The molecule has 7 heteroatoms. The molecule has 0 aliphatic heterocycles. The first kappa shape index (κ1) is 19.5. The van der Waals surface area contributed by atoms with Crippen molar-refractivity contribution in [2.75, 3.05) is 0 Å². The van der Waals surface area contributed by atoms with Gasteiger partial charge in [0.05, 0.1) is 17.5 Å². The summed E-state index contributed by atoms with van der Waals surface area (Å²) >= 11 is 12.4. The molecule has 3 rings (SSSR count). The summed E-state index contributed by atoms with van der Waals surface area (Å²) in [6.45, 7) is 1.89. The van der Waals surface area contributed by atoms with Gasteiger partial charge in [-0.25, -0.2) is 0 Å². The fourth-order valence-electron chi connectivity index (χ4n) is 3.29. The fraction of sp³-hybridized carbons (Fsp3) is 0.300. The van der Waals surface area contributed by atoms with Crippen molar-refractivity contribution in [3.8, 4) is 0 Å². The third-order valence-corrected chi connectivity index (χ3v) is 5.74. The quantitative estimate of drug-likeness (QED) is 0.779. The highest BCUT2D eigenvalue weighted by Crippen LogP contribution is 2.37. The van der Waals surface area contributed by atoms with Crippen LogP contribution in [0.3, 0.4) is 0 Å². The number of halogens is 2. The number of carbonyl (C=O) groups excluding carboxylic acids is 1. The lowest BCUT2D eigenvalue weighted by molar-refractivity contribution is -0.136. The van der Waals surface area contributed by atoms with Crippen LogP contribution in [0.15, 0.2) is 35.4 Å². The van der Waals surface area contributed by atoms with Crippen LogP contribution in [-0.2, 0) is 24.7 Å². The van der Waals surface area contributed by atoms with Gasteiger partial charge in [0.15, 0.2) is 0 Å². The minimum atomic E-state index is -0.871. The molecular formula is C20H20Cl2N2O3. The van der Waals surface area contributed by atoms with E-state index in [0.29, 0.717) is 22.2 Å². The number of aliphatic carboxylic acids is 1. The molecule has 1 aliphatic carbocycles. The summed E-state index contributed by atoms with van der Waals surface area (Å²) in [6, 6.07) is 8.74.